The summed E-state index contributed by atoms with van der Waals surface area (Å²) >= 11 is 0. The van der Waals surface area contributed by atoms with E-state index in [2.05, 4.69) is 25.5 Å². The SMILES string of the molecule is O=C([C@@H]1C[C@@H]1c1cccnc1)N1CCC[C@@H](n2ccnc2)C1. The zero-order chi connectivity index (χ0) is 14.9. The summed E-state index contributed by atoms with van der Waals surface area (Å²) < 4.78 is 2.13. The fraction of sp³-hybridized carbons (Fsp3) is 0.471. The van der Waals surface area contributed by atoms with Crippen LogP contribution in [0.25, 0.3) is 0 Å². The van der Waals surface area contributed by atoms with E-state index in [0.717, 1.165) is 32.4 Å². The van der Waals surface area contributed by atoms with Crippen LogP contribution in [-0.2, 0) is 4.79 Å². The Morgan fingerprint density at radius 1 is 1.27 bits per heavy atom. The van der Waals surface area contributed by atoms with E-state index in [4.69, 9.17) is 0 Å². The van der Waals surface area contributed by atoms with Gasteiger partial charge in [0.1, 0.15) is 0 Å². The Bertz CT molecular complexity index is 640. The highest BCUT2D eigenvalue weighted by atomic mass is 16.2. The van der Waals surface area contributed by atoms with Crippen LogP contribution in [0, 0.1) is 5.92 Å². The number of nitrogens with zero attached hydrogens (tertiary/aromatic N) is 4. The Balaban J connectivity index is 1.41. The minimum absolute atomic E-state index is 0.158. The number of hydrogen-bond acceptors (Lipinski definition) is 3. The molecule has 3 heterocycles. The van der Waals surface area contributed by atoms with Crippen LogP contribution in [0.4, 0.5) is 0 Å². The normalized spacial score (nSPS) is 27.6. The van der Waals surface area contributed by atoms with Gasteiger partial charge in [0.2, 0.25) is 5.91 Å². The maximum absolute atomic E-state index is 12.7. The zero-order valence-corrected chi connectivity index (χ0v) is 12.5. The molecule has 2 fully saturated rings. The first-order valence-corrected chi connectivity index (χ1v) is 7.99. The molecular formula is C17H20N4O. The minimum Gasteiger partial charge on any atom is -0.340 e. The Kier molecular flexibility index (Phi) is 3.41. The zero-order valence-electron chi connectivity index (χ0n) is 12.5. The van der Waals surface area contributed by atoms with Gasteiger partial charge in [0, 0.05) is 43.8 Å². The van der Waals surface area contributed by atoms with Crippen LogP contribution in [-0.4, -0.2) is 38.4 Å². The van der Waals surface area contributed by atoms with Gasteiger partial charge in [-0.1, -0.05) is 6.07 Å². The molecule has 1 saturated carbocycles. The van der Waals surface area contributed by atoms with Crippen LogP contribution in [0.2, 0.25) is 0 Å². The predicted octanol–water partition coefficient (Wildman–Crippen LogP) is 2.25. The molecule has 0 N–H and O–H groups in total. The number of hydrogen-bond donors (Lipinski definition) is 0. The maximum atomic E-state index is 12.7. The number of likely N-dealkylation sites (tertiary alicyclic amines) is 1. The van der Waals surface area contributed by atoms with Gasteiger partial charge in [-0.3, -0.25) is 9.78 Å². The van der Waals surface area contributed by atoms with E-state index in [9.17, 15) is 4.79 Å². The van der Waals surface area contributed by atoms with Crippen molar-refractivity contribution in [1.29, 1.82) is 0 Å². The Labute approximate surface area is 130 Å². The van der Waals surface area contributed by atoms with Gasteiger partial charge >= 0.3 is 0 Å². The summed E-state index contributed by atoms with van der Waals surface area (Å²) in [5.74, 6) is 0.847. The number of pyridine rings is 1. The smallest absolute Gasteiger partial charge is 0.226 e. The van der Waals surface area contributed by atoms with Crippen molar-refractivity contribution in [3.05, 3.63) is 48.8 Å². The molecule has 5 nitrogen and oxygen atoms in total. The van der Waals surface area contributed by atoms with Gasteiger partial charge in [-0.15, -0.1) is 0 Å². The lowest BCUT2D eigenvalue weighted by Gasteiger charge is -2.33. The first-order valence-electron chi connectivity index (χ1n) is 7.99. The van der Waals surface area contributed by atoms with Gasteiger partial charge in [-0.05, 0) is 36.8 Å². The molecule has 0 radical (unpaired) electrons. The Morgan fingerprint density at radius 3 is 3.00 bits per heavy atom. The molecule has 5 heteroatoms. The second-order valence-corrected chi connectivity index (χ2v) is 6.33. The third-order valence-electron chi connectivity index (χ3n) is 4.87. The van der Waals surface area contributed by atoms with Crippen molar-refractivity contribution in [3.63, 3.8) is 0 Å². The fourth-order valence-corrected chi connectivity index (χ4v) is 3.55. The fourth-order valence-electron chi connectivity index (χ4n) is 3.55. The van der Waals surface area contributed by atoms with Crippen LogP contribution >= 0.6 is 0 Å². The van der Waals surface area contributed by atoms with E-state index in [1.165, 1.54) is 5.56 Å². The molecule has 0 aromatic carbocycles. The minimum atomic E-state index is 0.158. The summed E-state index contributed by atoms with van der Waals surface area (Å²) in [6.07, 6.45) is 12.5. The predicted molar refractivity (Wildman–Crippen MR) is 82.2 cm³/mol. The Morgan fingerprint density at radius 2 is 2.23 bits per heavy atom. The summed E-state index contributed by atoms with van der Waals surface area (Å²) in [7, 11) is 0. The molecule has 1 aliphatic carbocycles. The lowest BCUT2D eigenvalue weighted by atomic mass is 10.0. The third kappa shape index (κ3) is 2.51. The largest absolute Gasteiger partial charge is 0.340 e. The standard InChI is InChI=1S/C17H20N4O/c22-17(16-9-15(16)13-3-1-5-18-10-13)20-7-2-4-14(11-20)21-8-6-19-12-21/h1,3,5-6,8,10,12,14-16H,2,4,7,9,11H2/t14-,15-,16-/m1/s1. The number of carbonyl (C=O) groups excluding carboxylic acids is 1. The molecule has 4 rings (SSSR count). The van der Waals surface area contributed by atoms with E-state index in [0.29, 0.717) is 17.9 Å². The summed E-state index contributed by atoms with van der Waals surface area (Å²) in [5, 5.41) is 0. The van der Waals surface area contributed by atoms with E-state index in [1.54, 1.807) is 12.4 Å². The number of aromatic nitrogens is 3. The van der Waals surface area contributed by atoms with Crippen molar-refractivity contribution in [3.8, 4) is 0 Å². The van der Waals surface area contributed by atoms with Crippen LogP contribution in [0.3, 0.4) is 0 Å². The molecule has 1 saturated heterocycles. The lowest BCUT2D eigenvalue weighted by Crippen LogP contribution is -2.41. The van der Waals surface area contributed by atoms with Gasteiger partial charge in [-0.2, -0.15) is 0 Å². The molecule has 0 spiro atoms. The van der Waals surface area contributed by atoms with Crippen molar-refractivity contribution in [2.75, 3.05) is 13.1 Å². The average molecular weight is 296 g/mol. The van der Waals surface area contributed by atoms with Crippen molar-refractivity contribution in [2.24, 2.45) is 5.92 Å². The molecule has 114 valence electrons. The van der Waals surface area contributed by atoms with Gasteiger partial charge in [0.25, 0.3) is 0 Å². The van der Waals surface area contributed by atoms with Gasteiger partial charge < -0.3 is 9.47 Å². The number of rotatable bonds is 3. The monoisotopic (exact) mass is 296 g/mol. The highest BCUT2D eigenvalue weighted by Crippen LogP contribution is 2.48. The maximum Gasteiger partial charge on any atom is 0.226 e. The van der Waals surface area contributed by atoms with Crippen LogP contribution in [0.1, 0.15) is 36.8 Å². The molecule has 22 heavy (non-hydrogen) atoms. The number of carbonyl (C=O) groups is 1. The number of amides is 1. The molecular weight excluding hydrogens is 276 g/mol. The van der Waals surface area contributed by atoms with Crippen LogP contribution < -0.4 is 0 Å². The van der Waals surface area contributed by atoms with Gasteiger partial charge in [0.05, 0.1) is 12.4 Å². The molecule has 1 aliphatic heterocycles. The van der Waals surface area contributed by atoms with E-state index >= 15 is 0 Å². The van der Waals surface area contributed by atoms with Gasteiger partial charge in [0.15, 0.2) is 0 Å². The molecule has 3 atom stereocenters. The number of imidazole rings is 1. The van der Waals surface area contributed by atoms with Gasteiger partial charge in [-0.25, -0.2) is 4.98 Å². The first-order chi connectivity index (χ1) is 10.8. The van der Waals surface area contributed by atoms with E-state index in [-0.39, 0.29) is 5.92 Å². The lowest BCUT2D eigenvalue weighted by molar-refractivity contribution is -0.134. The first kappa shape index (κ1) is 13.5. The molecule has 2 aromatic rings. The number of piperidine rings is 1. The molecule has 0 unspecified atom stereocenters. The van der Waals surface area contributed by atoms with Crippen LogP contribution in [0.5, 0.6) is 0 Å². The summed E-state index contributed by atoms with van der Waals surface area (Å²) in [6.45, 7) is 1.70. The molecule has 2 aromatic heterocycles. The van der Waals surface area contributed by atoms with Crippen molar-refractivity contribution >= 4 is 5.91 Å². The summed E-state index contributed by atoms with van der Waals surface area (Å²) in [4.78, 5) is 23.1. The highest BCUT2D eigenvalue weighted by Gasteiger charge is 2.46. The molecule has 2 aliphatic rings. The van der Waals surface area contributed by atoms with E-state index < -0.39 is 0 Å². The van der Waals surface area contributed by atoms with Crippen molar-refractivity contribution in [1.82, 2.24) is 19.4 Å². The second-order valence-electron chi connectivity index (χ2n) is 6.33. The summed E-state index contributed by atoms with van der Waals surface area (Å²) in [5.41, 5.74) is 1.20. The van der Waals surface area contributed by atoms with Crippen LogP contribution in [0.15, 0.2) is 43.2 Å². The van der Waals surface area contributed by atoms with Crippen molar-refractivity contribution < 1.29 is 4.79 Å². The Hall–Kier alpha value is -2.17. The van der Waals surface area contributed by atoms with E-state index in [1.807, 2.05) is 24.8 Å². The molecule has 1 amide bonds. The third-order valence-corrected chi connectivity index (χ3v) is 4.87. The summed E-state index contributed by atoms with van der Waals surface area (Å²) in [6, 6.07) is 4.40. The quantitative estimate of drug-likeness (QED) is 0.873. The highest BCUT2D eigenvalue weighted by molar-refractivity contribution is 5.83. The molecule has 0 bridgehead atoms. The second kappa shape index (κ2) is 5.55. The van der Waals surface area contributed by atoms with Crippen molar-refractivity contribution in [2.45, 2.75) is 31.2 Å². The average Bonchev–Trinajstić information content (AvgIpc) is 3.19. The topological polar surface area (TPSA) is 51.0 Å².